The Morgan fingerprint density at radius 2 is 1.76 bits per heavy atom. The van der Waals surface area contributed by atoms with Gasteiger partial charge in [0.05, 0.1) is 50.7 Å². The van der Waals surface area contributed by atoms with Gasteiger partial charge in [0.25, 0.3) is 0 Å². The first kappa shape index (κ1) is 28.2. The molecule has 0 spiro atoms. The van der Waals surface area contributed by atoms with E-state index in [1.165, 1.54) is 0 Å². The number of aliphatic hydroxyl groups is 1. The zero-order valence-electron chi connectivity index (χ0n) is 20.1. The van der Waals surface area contributed by atoms with Crippen LogP contribution in [0.2, 0.25) is 20.1 Å². The fraction of sp³-hybridized carbons (Fsp3) is 0.222. The molecule has 0 aliphatic rings. The van der Waals surface area contributed by atoms with E-state index in [4.69, 9.17) is 51.1 Å². The van der Waals surface area contributed by atoms with Gasteiger partial charge in [0, 0.05) is 30.4 Å². The Bertz CT molecular complexity index is 1400. The lowest BCUT2D eigenvalue weighted by molar-refractivity contribution is -0.122. The molecular weight excluding hydrogens is 570 g/mol. The molecule has 38 heavy (non-hydrogen) atoms. The van der Waals surface area contributed by atoms with Crippen LogP contribution < -0.4 is 10.1 Å². The molecule has 2 N–H and O–H groups in total. The molecule has 4 rings (SSSR count). The number of carbonyl (C=O) groups excluding carboxylic acids is 1. The minimum absolute atomic E-state index is 0.193. The number of pyridine rings is 1. The Morgan fingerprint density at radius 3 is 2.45 bits per heavy atom. The summed E-state index contributed by atoms with van der Waals surface area (Å²) in [6.45, 7) is 0.0614. The van der Waals surface area contributed by atoms with Crippen LogP contribution in [0.3, 0.4) is 0 Å². The van der Waals surface area contributed by atoms with Crippen molar-refractivity contribution in [3.05, 3.63) is 92.6 Å². The van der Waals surface area contributed by atoms with E-state index in [9.17, 15) is 9.90 Å². The number of aromatic nitrogens is 3. The lowest BCUT2D eigenvalue weighted by Crippen LogP contribution is -2.39. The van der Waals surface area contributed by atoms with E-state index in [1.54, 1.807) is 53.5 Å². The monoisotopic (exact) mass is 592 g/mol. The maximum absolute atomic E-state index is 12.5. The average Bonchev–Trinajstić information content (AvgIpc) is 3.34. The molecule has 2 heterocycles. The first-order valence-electron chi connectivity index (χ1n) is 11.8. The van der Waals surface area contributed by atoms with Crippen molar-refractivity contribution in [2.45, 2.75) is 25.3 Å². The summed E-state index contributed by atoms with van der Waals surface area (Å²) in [7, 11) is 0. The van der Waals surface area contributed by atoms with E-state index in [1.807, 2.05) is 18.2 Å². The van der Waals surface area contributed by atoms with Crippen LogP contribution >= 0.6 is 46.4 Å². The van der Waals surface area contributed by atoms with E-state index < -0.39 is 6.04 Å². The van der Waals surface area contributed by atoms with Crippen molar-refractivity contribution in [3.8, 4) is 22.8 Å². The lowest BCUT2D eigenvalue weighted by Gasteiger charge is -2.17. The second kappa shape index (κ2) is 13.3. The number of hydrogen-bond acceptors (Lipinski definition) is 5. The third kappa shape index (κ3) is 7.40. The van der Waals surface area contributed by atoms with Gasteiger partial charge in [0.15, 0.2) is 0 Å². The molecule has 0 unspecified atom stereocenters. The van der Waals surface area contributed by atoms with Crippen LogP contribution in [0.5, 0.6) is 5.88 Å². The summed E-state index contributed by atoms with van der Waals surface area (Å²) >= 11 is 24.3. The number of benzene rings is 2. The molecule has 0 bridgehead atoms. The zero-order chi connectivity index (χ0) is 27.1. The van der Waals surface area contributed by atoms with Crippen LogP contribution in [0.4, 0.5) is 0 Å². The highest BCUT2D eigenvalue weighted by Crippen LogP contribution is 2.30. The number of nitrogens with zero attached hydrogens (tertiary/aromatic N) is 3. The van der Waals surface area contributed by atoms with Gasteiger partial charge in [-0.25, -0.2) is 4.68 Å². The highest BCUT2D eigenvalue weighted by Gasteiger charge is 2.16. The van der Waals surface area contributed by atoms with Crippen LogP contribution in [0.15, 0.2) is 67.0 Å². The lowest BCUT2D eigenvalue weighted by atomic mass is 10.1. The summed E-state index contributed by atoms with van der Waals surface area (Å²) < 4.78 is 7.64. The van der Waals surface area contributed by atoms with Crippen LogP contribution in [0, 0.1) is 0 Å². The Kier molecular flexibility index (Phi) is 9.88. The molecule has 11 heteroatoms. The number of amides is 1. The van der Waals surface area contributed by atoms with Gasteiger partial charge < -0.3 is 15.2 Å². The first-order valence-corrected chi connectivity index (χ1v) is 13.3. The predicted octanol–water partition coefficient (Wildman–Crippen LogP) is 6.43. The molecule has 1 atom stereocenters. The van der Waals surface area contributed by atoms with Crippen LogP contribution in [-0.2, 0) is 11.2 Å². The average molecular weight is 594 g/mol. The van der Waals surface area contributed by atoms with Gasteiger partial charge in [-0.1, -0.05) is 52.5 Å². The van der Waals surface area contributed by atoms with Gasteiger partial charge in [-0.2, -0.15) is 5.10 Å². The highest BCUT2D eigenvalue weighted by molar-refractivity contribution is 6.42. The van der Waals surface area contributed by atoms with Gasteiger partial charge >= 0.3 is 0 Å². The van der Waals surface area contributed by atoms with Crippen LogP contribution in [0.1, 0.15) is 18.4 Å². The number of nitrogens with one attached hydrogen (secondary N) is 1. The van der Waals surface area contributed by atoms with E-state index in [-0.39, 0.29) is 25.5 Å². The van der Waals surface area contributed by atoms with Crippen molar-refractivity contribution < 1.29 is 14.6 Å². The predicted molar refractivity (Wildman–Crippen MR) is 151 cm³/mol. The minimum Gasteiger partial charge on any atom is -0.478 e. The normalized spacial score (nSPS) is 11.8. The third-order valence-corrected chi connectivity index (χ3v) is 7.11. The molecule has 0 aliphatic heterocycles. The van der Waals surface area contributed by atoms with Gasteiger partial charge in [0.2, 0.25) is 11.8 Å². The van der Waals surface area contributed by atoms with Crippen LogP contribution in [-0.4, -0.2) is 45.0 Å². The SMILES string of the molecule is O=C(CCCOc1cc(-c2cccnc2)nn1-c1ccc(Cl)c(Cl)c1)N[C@H](CO)Cc1ccc(Cl)c(Cl)c1. The number of aliphatic hydroxyl groups excluding tert-OH is 1. The molecule has 0 aliphatic carbocycles. The third-order valence-electron chi connectivity index (χ3n) is 5.63. The maximum Gasteiger partial charge on any atom is 0.220 e. The molecule has 0 fully saturated rings. The summed E-state index contributed by atoms with van der Waals surface area (Å²) in [5, 5.41) is 18.9. The van der Waals surface area contributed by atoms with E-state index >= 15 is 0 Å². The quantitative estimate of drug-likeness (QED) is 0.196. The van der Waals surface area contributed by atoms with Crippen molar-refractivity contribution in [2.24, 2.45) is 0 Å². The van der Waals surface area contributed by atoms with Gasteiger partial charge in [-0.3, -0.25) is 9.78 Å². The van der Waals surface area contributed by atoms with Crippen molar-refractivity contribution in [2.75, 3.05) is 13.2 Å². The molecule has 198 valence electrons. The second-order valence-electron chi connectivity index (χ2n) is 8.47. The van der Waals surface area contributed by atoms with Crippen molar-refractivity contribution in [3.63, 3.8) is 0 Å². The highest BCUT2D eigenvalue weighted by atomic mass is 35.5. The number of rotatable bonds is 11. The standard InChI is InChI=1S/C27H24Cl4N4O3/c28-21-7-5-17(12-23(21)30)11-19(16-36)33-26(37)4-2-10-38-27-14-25(18-3-1-9-32-15-18)34-35(27)20-6-8-22(29)24(31)13-20/h1,3,5-9,12-15,19,36H,2,4,10-11,16H2,(H,33,37)/t19-/m0/s1. The van der Waals surface area contributed by atoms with Crippen molar-refractivity contribution >= 4 is 52.3 Å². The second-order valence-corrected chi connectivity index (χ2v) is 10.1. The summed E-state index contributed by atoms with van der Waals surface area (Å²) in [5.41, 5.74) is 3.04. The molecule has 0 saturated heterocycles. The molecule has 4 aromatic rings. The number of carbonyl (C=O) groups is 1. The first-order chi connectivity index (χ1) is 18.3. The van der Waals surface area contributed by atoms with Crippen molar-refractivity contribution in [1.29, 1.82) is 0 Å². The summed E-state index contributed by atoms with van der Waals surface area (Å²) in [5.74, 6) is 0.289. The molecule has 0 saturated carbocycles. The Labute approximate surface area is 240 Å². The van der Waals surface area contributed by atoms with Crippen molar-refractivity contribution in [1.82, 2.24) is 20.1 Å². The fourth-order valence-corrected chi connectivity index (χ4v) is 4.36. The topological polar surface area (TPSA) is 89.3 Å². The fourth-order valence-electron chi connectivity index (χ4n) is 3.75. The zero-order valence-corrected chi connectivity index (χ0v) is 23.1. The summed E-state index contributed by atoms with van der Waals surface area (Å²) in [4.78, 5) is 16.7. The van der Waals surface area contributed by atoms with E-state index in [2.05, 4.69) is 15.4 Å². The summed E-state index contributed by atoms with van der Waals surface area (Å²) in [6.07, 6.45) is 4.49. The van der Waals surface area contributed by atoms with Gasteiger partial charge in [0.1, 0.15) is 0 Å². The minimum atomic E-state index is -0.446. The molecule has 2 aromatic heterocycles. The number of halogens is 4. The molecule has 0 radical (unpaired) electrons. The van der Waals surface area contributed by atoms with E-state index in [0.29, 0.717) is 50.2 Å². The largest absolute Gasteiger partial charge is 0.478 e. The number of ether oxygens (including phenoxy) is 1. The summed E-state index contributed by atoms with van der Waals surface area (Å²) in [6, 6.07) is 15.5. The Hall–Kier alpha value is -2.81. The smallest absolute Gasteiger partial charge is 0.220 e. The molecular formula is C27H24Cl4N4O3. The maximum atomic E-state index is 12.5. The van der Waals surface area contributed by atoms with Crippen LogP contribution in [0.25, 0.3) is 16.9 Å². The Morgan fingerprint density at radius 1 is 1.00 bits per heavy atom. The molecule has 2 aromatic carbocycles. The van der Waals surface area contributed by atoms with E-state index in [0.717, 1.165) is 11.1 Å². The van der Waals surface area contributed by atoms with Gasteiger partial charge in [-0.15, -0.1) is 0 Å². The van der Waals surface area contributed by atoms with Gasteiger partial charge in [-0.05, 0) is 60.9 Å². The molecule has 7 nitrogen and oxygen atoms in total. The molecule has 1 amide bonds. The Balaban J connectivity index is 1.37. The number of hydrogen-bond donors (Lipinski definition) is 2.